The van der Waals surface area contributed by atoms with Crippen molar-refractivity contribution >= 4 is 5.78 Å². The van der Waals surface area contributed by atoms with Crippen LogP contribution < -0.4 is 0 Å². The van der Waals surface area contributed by atoms with Gasteiger partial charge in [-0.15, -0.1) is 0 Å². The second-order valence-electron chi connectivity index (χ2n) is 4.43. The lowest BCUT2D eigenvalue weighted by Gasteiger charge is -2.10. The largest absolute Gasteiger partial charge is 0.295 e. The van der Waals surface area contributed by atoms with Crippen LogP contribution in [0.25, 0.3) is 5.69 Å². The molecule has 1 aromatic carbocycles. The summed E-state index contributed by atoms with van der Waals surface area (Å²) in [5, 5.41) is 4.31. The Kier molecular flexibility index (Phi) is 3.09. The van der Waals surface area contributed by atoms with E-state index >= 15 is 0 Å². The van der Waals surface area contributed by atoms with E-state index in [0.717, 1.165) is 11.3 Å². The molecule has 0 saturated heterocycles. The van der Waals surface area contributed by atoms with E-state index in [1.807, 2.05) is 35.0 Å². The minimum atomic E-state index is 0.0844. The molecule has 88 valence electrons. The van der Waals surface area contributed by atoms with Crippen molar-refractivity contribution in [2.24, 2.45) is 0 Å². The van der Waals surface area contributed by atoms with Crippen LogP contribution in [0.5, 0.6) is 0 Å². The van der Waals surface area contributed by atoms with E-state index in [-0.39, 0.29) is 5.78 Å². The quantitative estimate of drug-likeness (QED) is 0.756. The standard InChI is InChI=1S/C14H16N2O/c1-10(2)14-8-9-15-16(14)13-6-4-12(5-7-13)11(3)17/h4-10H,1-3H3. The fourth-order valence-electron chi connectivity index (χ4n) is 1.80. The Balaban J connectivity index is 2.40. The van der Waals surface area contributed by atoms with Gasteiger partial charge in [0.15, 0.2) is 5.78 Å². The van der Waals surface area contributed by atoms with Gasteiger partial charge in [-0.2, -0.15) is 5.10 Å². The fraction of sp³-hybridized carbons (Fsp3) is 0.286. The molecule has 0 aliphatic rings. The van der Waals surface area contributed by atoms with Gasteiger partial charge in [0.25, 0.3) is 0 Å². The molecule has 0 radical (unpaired) electrons. The minimum absolute atomic E-state index is 0.0844. The van der Waals surface area contributed by atoms with Crippen molar-refractivity contribution in [3.8, 4) is 5.69 Å². The van der Waals surface area contributed by atoms with Crippen LogP contribution in [0.2, 0.25) is 0 Å². The van der Waals surface area contributed by atoms with Gasteiger partial charge in [0.2, 0.25) is 0 Å². The number of ketones is 1. The summed E-state index contributed by atoms with van der Waals surface area (Å²) in [4.78, 5) is 11.2. The summed E-state index contributed by atoms with van der Waals surface area (Å²) in [6.45, 7) is 5.84. The van der Waals surface area contributed by atoms with E-state index in [1.54, 1.807) is 13.1 Å². The topological polar surface area (TPSA) is 34.9 Å². The van der Waals surface area contributed by atoms with Crippen LogP contribution in [0.4, 0.5) is 0 Å². The van der Waals surface area contributed by atoms with Crippen molar-refractivity contribution in [2.45, 2.75) is 26.7 Å². The van der Waals surface area contributed by atoms with E-state index in [1.165, 1.54) is 5.69 Å². The SMILES string of the molecule is CC(=O)c1ccc(-n2nccc2C(C)C)cc1. The molecule has 17 heavy (non-hydrogen) atoms. The zero-order chi connectivity index (χ0) is 12.4. The molecule has 0 unspecified atom stereocenters. The number of nitrogens with zero attached hydrogens (tertiary/aromatic N) is 2. The Hall–Kier alpha value is -1.90. The molecule has 0 amide bonds. The summed E-state index contributed by atoms with van der Waals surface area (Å²) >= 11 is 0. The van der Waals surface area contributed by atoms with Gasteiger partial charge >= 0.3 is 0 Å². The zero-order valence-electron chi connectivity index (χ0n) is 10.3. The van der Waals surface area contributed by atoms with E-state index in [9.17, 15) is 4.79 Å². The number of carbonyl (C=O) groups is 1. The maximum Gasteiger partial charge on any atom is 0.159 e. The van der Waals surface area contributed by atoms with E-state index < -0.39 is 0 Å². The van der Waals surface area contributed by atoms with Crippen molar-refractivity contribution in [1.82, 2.24) is 9.78 Å². The molecule has 2 aromatic rings. The molecule has 0 N–H and O–H groups in total. The molecule has 1 heterocycles. The third kappa shape index (κ3) is 2.28. The fourth-order valence-corrected chi connectivity index (χ4v) is 1.80. The van der Waals surface area contributed by atoms with Gasteiger partial charge in [0.05, 0.1) is 5.69 Å². The van der Waals surface area contributed by atoms with Crippen molar-refractivity contribution in [1.29, 1.82) is 0 Å². The summed E-state index contributed by atoms with van der Waals surface area (Å²) in [7, 11) is 0. The van der Waals surface area contributed by atoms with Crippen LogP contribution >= 0.6 is 0 Å². The van der Waals surface area contributed by atoms with Crippen molar-refractivity contribution in [2.75, 3.05) is 0 Å². The van der Waals surface area contributed by atoms with Crippen LogP contribution in [0.3, 0.4) is 0 Å². The highest BCUT2D eigenvalue weighted by Gasteiger charge is 2.08. The third-order valence-electron chi connectivity index (χ3n) is 2.78. The predicted molar refractivity (Wildman–Crippen MR) is 67.7 cm³/mol. The number of Topliss-reactive ketones (excluding diaryl/α,β-unsaturated/α-hetero) is 1. The molecule has 0 saturated carbocycles. The number of benzene rings is 1. The summed E-state index contributed by atoms with van der Waals surface area (Å²) in [5.74, 6) is 0.506. The average Bonchev–Trinajstić information content (AvgIpc) is 2.78. The van der Waals surface area contributed by atoms with E-state index in [4.69, 9.17) is 0 Å². The summed E-state index contributed by atoms with van der Waals surface area (Å²) in [6.07, 6.45) is 1.80. The lowest BCUT2D eigenvalue weighted by Crippen LogP contribution is -2.04. The number of hydrogen-bond acceptors (Lipinski definition) is 2. The Morgan fingerprint density at radius 3 is 2.35 bits per heavy atom. The van der Waals surface area contributed by atoms with Gasteiger partial charge in [-0.1, -0.05) is 13.8 Å². The van der Waals surface area contributed by atoms with Gasteiger partial charge in [0, 0.05) is 17.5 Å². The minimum Gasteiger partial charge on any atom is -0.295 e. The van der Waals surface area contributed by atoms with Crippen LogP contribution in [0.1, 0.15) is 42.7 Å². The molecule has 0 aliphatic carbocycles. The average molecular weight is 228 g/mol. The lowest BCUT2D eigenvalue weighted by atomic mass is 10.1. The molecule has 2 rings (SSSR count). The summed E-state index contributed by atoms with van der Waals surface area (Å²) < 4.78 is 1.91. The van der Waals surface area contributed by atoms with Gasteiger partial charge < -0.3 is 0 Å². The maximum absolute atomic E-state index is 11.2. The van der Waals surface area contributed by atoms with Gasteiger partial charge in [-0.25, -0.2) is 4.68 Å². The van der Waals surface area contributed by atoms with Crippen LogP contribution in [-0.4, -0.2) is 15.6 Å². The second-order valence-corrected chi connectivity index (χ2v) is 4.43. The van der Waals surface area contributed by atoms with Gasteiger partial charge in [0.1, 0.15) is 0 Å². The lowest BCUT2D eigenvalue weighted by molar-refractivity contribution is 0.101. The highest BCUT2D eigenvalue weighted by molar-refractivity contribution is 5.94. The molecular formula is C14H16N2O. The monoisotopic (exact) mass is 228 g/mol. The first kappa shape index (κ1) is 11.6. The zero-order valence-corrected chi connectivity index (χ0v) is 10.3. The van der Waals surface area contributed by atoms with Gasteiger partial charge in [-0.05, 0) is 43.2 Å². The highest BCUT2D eigenvalue weighted by Crippen LogP contribution is 2.18. The van der Waals surface area contributed by atoms with Crippen LogP contribution in [0, 0.1) is 0 Å². The normalized spacial score (nSPS) is 10.8. The second kappa shape index (κ2) is 4.53. The number of rotatable bonds is 3. The number of carbonyl (C=O) groups excluding carboxylic acids is 1. The maximum atomic E-state index is 11.2. The molecule has 3 heteroatoms. The number of aromatic nitrogens is 2. The smallest absolute Gasteiger partial charge is 0.159 e. The Bertz CT molecular complexity index is 523. The predicted octanol–water partition coefficient (Wildman–Crippen LogP) is 3.20. The Morgan fingerprint density at radius 1 is 1.18 bits per heavy atom. The molecule has 0 aliphatic heterocycles. The van der Waals surface area contributed by atoms with Crippen molar-refractivity contribution in [3.63, 3.8) is 0 Å². The molecule has 1 aromatic heterocycles. The van der Waals surface area contributed by atoms with Crippen LogP contribution in [-0.2, 0) is 0 Å². The number of hydrogen-bond donors (Lipinski definition) is 0. The summed E-state index contributed by atoms with van der Waals surface area (Å²) in [6, 6.07) is 9.54. The van der Waals surface area contributed by atoms with Gasteiger partial charge in [-0.3, -0.25) is 4.79 Å². The summed E-state index contributed by atoms with van der Waals surface area (Å²) in [5.41, 5.74) is 2.89. The first-order valence-electron chi connectivity index (χ1n) is 5.75. The molecule has 0 bridgehead atoms. The van der Waals surface area contributed by atoms with Crippen molar-refractivity contribution in [3.05, 3.63) is 47.8 Å². The van der Waals surface area contributed by atoms with E-state index in [0.29, 0.717) is 5.92 Å². The van der Waals surface area contributed by atoms with Crippen LogP contribution in [0.15, 0.2) is 36.5 Å². The molecule has 0 spiro atoms. The van der Waals surface area contributed by atoms with E-state index in [2.05, 4.69) is 18.9 Å². The molecule has 3 nitrogen and oxygen atoms in total. The molecule has 0 fully saturated rings. The van der Waals surface area contributed by atoms with Crippen molar-refractivity contribution < 1.29 is 4.79 Å². The molecular weight excluding hydrogens is 212 g/mol. The first-order chi connectivity index (χ1) is 8.09. The third-order valence-corrected chi connectivity index (χ3v) is 2.78. The Labute approximate surface area is 101 Å². The Morgan fingerprint density at radius 2 is 1.82 bits per heavy atom. The molecule has 0 atom stereocenters. The highest BCUT2D eigenvalue weighted by atomic mass is 16.1. The first-order valence-corrected chi connectivity index (χ1v) is 5.75.